The van der Waals surface area contributed by atoms with E-state index in [9.17, 15) is 4.79 Å². The minimum Gasteiger partial charge on any atom is -0.320 e. The van der Waals surface area contributed by atoms with Gasteiger partial charge in [-0.3, -0.25) is 4.79 Å². The van der Waals surface area contributed by atoms with Crippen molar-refractivity contribution in [2.75, 3.05) is 5.32 Å². The monoisotopic (exact) mass is 303 g/mol. The smallest absolute Gasteiger partial charge is 0.290 e. The second kappa shape index (κ2) is 6.88. The van der Waals surface area contributed by atoms with Gasteiger partial charge in [-0.05, 0) is 24.1 Å². The van der Waals surface area contributed by atoms with E-state index >= 15 is 0 Å². The SMILES string of the molecule is Cc1cc[n+](CC(=O)Nc2ccccc2-c2ccccc2)cc1. The number of pyridine rings is 1. The third-order valence-electron chi connectivity index (χ3n) is 3.67. The number of rotatable bonds is 4. The number of hydrogen-bond donors (Lipinski definition) is 1. The van der Waals surface area contributed by atoms with Gasteiger partial charge in [-0.25, -0.2) is 0 Å². The zero-order valence-electron chi connectivity index (χ0n) is 13.1. The topological polar surface area (TPSA) is 33.0 Å². The fourth-order valence-electron chi connectivity index (χ4n) is 2.45. The molecule has 0 spiro atoms. The molecule has 3 rings (SSSR count). The van der Waals surface area contributed by atoms with Crippen LogP contribution in [0, 0.1) is 6.92 Å². The molecule has 0 aliphatic rings. The molecule has 114 valence electrons. The molecule has 3 aromatic rings. The van der Waals surface area contributed by atoms with E-state index < -0.39 is 0 Å². The summed E-state index contributed by atoms with van der Waals surface area (Å²) in [5, 5.41) is 3.01. The van der Waals surface area contributed by atoms with Crippen LogP contribution in [0.1, 0.15) is 5.56 Å². The zero-order chi connectivity index (χ0) is 16.1. The first kappa shape index (κ1) is 15.0. The van der Waals surface area contributed by atoms with Crippen LogP contribution in [-0.2, 0) is 11.3 Å². The van der Waals surface area contributed by atoms with Crippen LogP contribution in [0.4, 0.5) is 5.69 Å². The van der Waals surface area contributed by atoms with Gasteiger partial charge in [0.2, 0.25) is 6.54 Å². The molecule has 1 N–H and O–H groups in total. The summed E-state index contributed by atoms with van der Waals surface area (Å²) in [6.07, 6.45) is 3.83. The van der Waals surface area contributed by atoms with Crippen LogP contribution in [-0.4, -0.2) is 5.91 Å². The summed E-state index contributed by atoms with van der Waals surface area (Å²) in [6.45, 7) is 2.32. The van der Waals surface area contributed by atoms with E-state index in [1.807, 2.05) is 90.6 Å². The Kier molecular flexibility index (Phi) is 4.48. The van der Waals surface area contributed by atoms with Crippen molar-refractivity contribution in [3.8, 4) is 11.1 Å². The molecule has 3 nitrogen and oxygen atoms in total. The van der Waals surface area contributed by atoms with Gasteiger partial charge in [0.05, 0.1) is 0 Å². The molecule has 1 amide bonds. The number of nitrogens with one attached hydrogen (secondary N) is 1. The average Bonchev–Trinajstić information content (AvgIpc) is 2.58. The van der Waals surface area contributed by atoms with Crippen molar-refractivity contribution in [1.29, 1.82) is 0 Å². The molecule has 0 aliphatic heterocycles. The van der Waals surface area contributed by atoms with Crippen LogP contribution in [0.3, 0.4) is 0 Å². The number of para-hydroxylation sites is 1. The van der Waals surface area contributed by atoms with Gasteiger partial charge in [-0.15, -0.1) is 0 Å². The van der Waals surface area contributed by atoms with Crippen molar-refractivity contribution in [3.63, 3.8) is 0 Å². The molecule has 0 fully saturated rings. The quantitative estimate of drug-likeness (QED) is 0.734. The lowest BCUT2D eigenvalue weighted by Gasteiger charge is -2.10. The van der Waals surface area contributed by atoms with Gasteiger partial charge in [0.1, 0.15) is 0 Å². The van der Waals surface area contributed by atoms with Crippen LogP contribution in [0.2, 0.25) is 0 Å². The fraction of sp³-hybridized carbons (Fsp3) is 0.100. The minimum atomic E-state index is -0.0396. The molecule has 1 heterocycles. The number of carbonyl (C=O) groups excluding carboxylic acids is 1. The summed E-state index contributed by atoms with van der Waals surface area (Å²) < 4.78 is 1.87. The minimum absolute atomic E-state index is 0.0396. The Labute approximate surface area is 136 Å². The molecule has 0 bridgehead atoms. The van der Waals surface area contributed by atoms with E-state index in [1.54, 1.807) is 0 Å². The van der Waals surface area contributed by atoms with E-state index in [2.05, 4.69) is 5.32 Å². The highest BCUT2D eigenvalue weighted by molar-refractivity contribution is 5.94. The number of benzene rings is 2. The third-order valence-corrected chi connectivity index (χ3v) is 3.67. The predicted molar refractivity (Wildman–Crippen MR) is 91.9 cm³/mol. The standard InChI is InChI=1S/C20H18N2O/c1-16-11-13-22(14-12-16)15-20(23)21-19-10-6-5-9-18(19)17-7-3-2-4-8-17/h2-14H,15H2,1H3/p+1. The number of aromatic nitrogens is 1. The molecule has 1 aromatic heterocycles. The van der Waals surface area contributed by atoms with E-state index in [0.29, 0.717) is 6.54 Å². The van der Waals surface area contributed by atoms with Gasteiger partial charge in [0.25, 0.3) is 5.91 Å². The van der Waals surface area contributed by atoms with Gasteiger partial charge in [-0.2, -0.15) is 4.57 Å². The van der Waals surface area contributed by atoms with Crippen molar-refractivity contribution in [2.24, 2.45) is 0 Å². The normalized spacial score (nSPS) is 10.3. The summed E-state index contributed by atoms with van der Waals surface area (Å²) in [7, 11) is 0. The molecule has 2 aromatic carbocycles. The molecule has 3 heteroatoms. The van der Waals surface area contributed by atoms with Gasteiger partial charge >= 0.3 is 0 Å². The second-order valence-corrected chi connectivity index (χ2v) is 5.51. The summed E-state index contributed by atoms with van der Waals surface area (Å²) in [4.78, 5) is 12.3. The van der Waals surface area contributed by atoms with E-state index in [-0.39, 0.29) is 5.91 Å². The van der Waals surface area contributed by atoms with Crippen LogP contribution in [0.15, 0.2) is 79.1 Å². The summed E-state index contributed by atoms with van der Waals surface area (Å²) in [5.74, 6) is -0.0396. The van der Waals surface area contributed by atoms with E-state index in [4.69, 9.17) is 0 Å². The number of anilines is 1. The molecule has 0 unspecified atom stereocenters. The Morgan fingerprint density at radius 2 is 1.57 bits per heavy atom. The Morgan fingerprint density at radius 1 is 0.913 bits per heavy atom. The van der Waals surface area contributed by atoms with Crippen LogP contribution in [0.25, 0.3) is 11.1 Å². The van der Waals surface area contributed by atoms with Crippen LogP contribution >= 0.6 is 0 Å². The lowest BCUT2D eigenvalue weighted by Crippen LogP contribution is -2.39. The number of amides is 1. The summed E-state index contributed by atoms with van der Waals surface area (Å²) >= 11 is 0. The number of carbonyl (C=O) groups is 1. The lowest BCUT2D eigenvalue weighted by molar-refractivity contribution is -0.684. The van der Waals surface area contributed by atoms with Crippen molar-refractivity contribution in [1.82, 2.24) is 0 Å². The van der Waals surface area contributed by atoms with E-state index in [0.717, 1.165) is 16.8 Å². The highest BCUT2D eigenvalue weighted by Gasteiger charge is 2.12. The maximum Gasteiger partial charge on any atom is 0.290 e. The second-order valence-electron chi connectivity index (χ2n) is 5.51. The number of aryl methyl sites for hydroxylation is 1. The lowest BCUT2D eigenvalue weighted by atomic mass is 10.0. The molecule has 0 saturated carbocycles. The Balaban J connectivity index is 1.78. The van der Waals surface area contributed by atoms with Gasteiger partial charge in [-0.1, -0.05) is 48.5 Å². The van der Waals surface area contributed by atoms with E-state index in [1.165, 1.54) is 5.56 Å². The molecule has 0 saturated heterocycles. The number of nitrogens with zero attached hydrogens (tertiary/aromatic N) is 1. The van der Waals surface area contributed by atoms with Gasteiger partial charge in [0.15, 0.2) is 12.4 Å². The summed E-state index contributed by atoms with van der Waals surface area (Å²) in [5.41, 5.74) is 4.12. The van der Waals surface area contributed by atoms with Gasteiger partial charge < -0.3 is 5.32 Å². The first-order valence-corrected chi connectivity index (χ1v) is 7.62. The van der Waals surface area contributed by atoms with Crippen molar-refractivity contribution in [2.45, 2.75) is 13.5 Å². The largest absolute Gasteiger partial charge is 0.320 e. The fourth-order valence-corrected chi connectivity index (χ4v) is 2.45. The first-order valence-electron chi connectivity index (χ1n) is 7.62. The maximum absolute atomic E-state index is 12.3. The molecule has 0 atom stereocenters. The Hall–Kier alpha value is -2.94. The highest BCUT2D eigenvalue weighted by Crippen LogP contribution is 2.27. The van der Waals surface area contributed by atoms with Gasteiger partial charge in [0, 0.05) is 23.4 Å². The Bertz CT molecular complexity index is 795. The Morgan fingerprint density at radius 3 is 2.30 bits per heavy atom. The molecule has 0 radical (unpaired) electrons. The van der Waals surface area contributed by atoms with Crippen molar-refractivity contribution < 1.29 is 9.36 Å². The van der Waals surface area contributed by atoms with Crippen LogP contribution in [0.5, 0.6) is 0 Å². The predicted octanol–water partition coefficient (Wildman–Crippen LogP) is 3.59. The average molecular weight is 303 g/mol. The number of hydrogen-bond acceptors (Lipinski definition) is 1. The third kappa shape index (κ3) is 3.83. The summed E-state index contributed by atoms with van der Waals surface area (Å²) in [6, 6.07) is 21.9. The highest BCUT2D eigenvalue weighted by atomic mass is 16.1. The molecule has 0 aliphatic carbocycles. The van der Waals surface area contributed by atoms with Crippen molar-refractivity contribution >= 4 is 11.6 Å². The zero-order valence-corrected chi connectivity index (χ0v) is 13.1. The molecular formula is C20H19N2O+. The van der Waals surface area contributed by atoms with Crippen molar-refractivity contribution in [3.05, 3.63) is 84.7 Å². The molecule has 23 heavy (non-hydrogen) atoms. The first-order chi connectivity index (χ1) is 11.2. The maximum atomic E-state index is 12.3. The van der Waals surface area contributed by atoms with Crippen LogP contribution < -0.4 is 9.88 Å². The molecular weight excluding hydrogens is 284 g/mol.